The number of terminal acetylenes is 1. The third kappa shape index (κ3) is 4.86. The highest BCUT2D eigenvalue weighted by Crippen LogP contribution is 2.39. The lowest BCUT2D eigenvalue weighted by Crippen LogP contribution is -2.38. The molecule has 0 aliphatic carbocycles. The van der Waals surface area contributed by atoms with E-state index in [1.54, 1.807) is 24.5 Å². The van der Waals surface area contributed by atoms with Gasteiger partial charge >= 0.3 is 6.36 Å². The Labute approximate surface area is 182 Å². The Balaban J connectivity index is 2.01. The molecule has 1 unspecified atom stereocenters. The monoisotopic (exact) mass is 445 g/mol. The standard InChI is InChI=1S/C23H19F4N3O2/c1-4-9-31-22(15(2)3,17-12-28-14-29-13-17)21-8-5-16(11-30-21)19-7-6-18(10-20(19)24)32-23(25,26)27/h1,5-8,10-15H,9H2,2-3H3. The van der Waals surface area contributed by atoms with E-state index in [1.807, 2.05) is 13.8 Å². The Kier molecular flexibility index (Phi) is 6.75. The lowest BCUT2D eigenvalue weighted by atomic mass is 9.81. The minimum atomic E-state index is -4.91. The average molecular weight is 445 g/mol. The number of alkyl halides is 3. The number of benzene rings is 1. The van der Waals surface area contributed by atoms with Crippen LogP contribution < -0.4 is 4.74 Å². The summed E-state index contributed by atoms with van der Waals surface area (Å²) in [4.78, 5) is 12.6. The van der Waals surface area contributed by atoms with Crippen LogP contribution >= 0.6 is 0 Å². The van der Waals surface area contributed by atoms with Gasteiger partial charge in [0.15, 0.2) is 0 Å². The summed E-state index contributed by atoms with van der Waals surface area (Å²) in [6.07, 6.45) is 6.53. The molecule has 1 atom stereocenters. The highest BCUT2D eigenvalue weighted by Gasteiger charge is 2.41. The number of rotatable bonds is 7. The second-order valence-corrected chi connectivity index (χ2v) is 7.13. The fourth-order valence-corrected chi connectivity index (χ4v) is 3.45. The molecule has 3 rings (SSSR count). The van der Waals surface area contributed by atoms with Crippen molar-refractivity contribution in [2.75, 3.05) is 6.61 Å². The number of hydrogen-bond donors (Lipinski definition) is 0. The van der Waals surface area contributed by atoms with E-state index in [2.05, 4.69) is 25.6 Å². The van der Waals surface area contributed by atoms with Gasteiger partial charge in [0.2, 0.25) is 0 Å². The number of ether oxygens (including phenoxy) is 2. The van der Waals surface area contributed by atoms with Gasteiger partial charge in [0.1, 0.15) is 30.1 Å². The van der Waals surface area contributed by atoms with Crippen LogP contribution in [0, 0.1) is 24.1 Å². The fourth-order valence-electron chi connectivity index (χ4n) is 3.45. The minimum Gasteiger partial charge on any atom is -0.406 e. The lowest BCUT2D eigenvalue weighted by Gasteiger charge is -2.36. The first-order valence-electron chi connectivity index (χ1n) is 9.52. The smallest absolute Gasteiger partial charge is 0.406 e. The van der Waals surface area contributed by atoms with Crippen molar-refractivity contribution >= 4 is 0 Å². The van der Waals surface area contributed by atoms with Gasteiger partial charge in [0.25, 0.3) is 0 Å². The predicted molar refractivity (Wildman–Crippen MR) is 109 cm³/mol. The summed E-state index contributed by atoms with van der Waals surface area (Å²) in [7, 11) is 0. The summed E-state index contributed by atoms with van der Waals surface area (Å²) in [5.41, 5.74) is 0.517. The van der Waals surface area contributed by atoms with Gasteiger partial charge in [0.05, 0.1) is 5.69 Å². The molecule has 0 saturated heterocycles. The second-order valence-electron chi connectivity index (χ2n) is 7.13. The van der Waals surface area contributed by atoms with Crippen molar-refractivity contribution in [2.24, 2.45) is 5.92 Å². The summed E-state index contributed by atoms with van der Waals surface area (Å²) in [6, 6.07) is 6.16. The van der Waals surface area contributed by atoms with E-state index in [0.29, 0.717) is 22.9 Å². The van der Waals surface area contributed by atoms with Crippen LogP contribution in [0.2, 0.25) is 0 Å². The minimum absolute atomic E-state index is 0.00576. The van der Waals surface area contributed by atoms with Crippen LogP contribution in [0.15, 0.2) is 55.2 Å². The molecule has 0 radical (unpaired) electrons. The van der Waals surface area contributed by atoms with E-state index in [4.69, 9.17) is 11.2 Å². The molecule has 2 heterocycles. The van der Waals surface area contributed by atoms with Crippen molar-refractivity contribution in [1.82, 2.24) is 15.0 Å². The molecule has 9 heteroatoms. The van der Waals surface area contributed by atoms with Crippen molar-refractivity contribution in [1.29, 1.82) is 0 Å². The summed E-state index contributed by atoms with van der Waals surface area (Å²) in [6.45, 7) is 3.86. The van der Waals surface area contributed by atoms with Crippen LogP contribution in [-0.2, 0) is 10.3 Å². The molecule has 0 amide bonds. The largest absolute Gasteiger partial charge is 0.573 e. The van der Waals surface area contributed by atoms with Crippen molar-refractivity contribution in [2.45, 2.75) is 25.8 Å². The third-order valence-corrected chi connectivity index (χ3v) is 4.81. The predicted octanol–water partition coefficient (Wildman–Crippen LogP) is 5.13. The van der Waals surface area contributed by atoms with Crippen molar-refractivity contribution < 1.29 is 27.0 Å². The number of nitrogens with zero attached hydrogens (tertiary/aromatic N) is 3. The SMILES string of the molecule is C#CCOC(c1cncnc1)(c1ccc(-c2ccc(OC(F)(F)F)cc2F)cn1)C(C)C. The summed E-state index contributed by atoms with van der Waals surface area (Å²) in [5.74, 6) is 0.799. The van der Waals surface area contributed by atoms with Crippen LogP contribution in [0.3, 0.4) is 0 Å². The van der Waals surface area contributed by atoms with Crippen molar-refractivity contribution in [3.63, 3.8) is 0 Å². The van der Waals surface area contributed by atoms with Gasteiger partial charge in [-0.15, -0.1) is 19.6 Å². The normalized spacial score (nSPS) is 13.4. The number of halogens is 4. The Morgan fingerprint density at radius 2 is 1.78 bits per heavy atom. The van der Waals surface area contributed by atoms with E-state index >= 15 is 0 Å². The molecule has 0 aliphatic heterocycles. The average Bonchev–Trinajstić information content (AvgIpc) is 2.74. The van der Waals surface area contributed by atoms with E-state index < -0.39 is 23.5 Å². The van der Waals surface area contributed by atoms with Gasteiger partial charge < -0.3 is 9.47 Å². The zero-order valence-corrected chi connectivity index (χ0v) is 17.2. The molecule has 32 heavy (non-hydrogen) atoms. The second kappa shape index (κ2) is 9.32. The van der Waals surface area contributed by atoms with E-state index in [0.717, 1.165) is 6.07 Å². The van der Waals surface area contributed by atoms with E-state index in [9.17, 15) is 17.6 Å². The number of hydrogen-bond acceptors (Lipinski definition) is 5. The fraction of sp³-hybridized carbons (Fsp3) is 0.261. The Morgan fingerprint density at radius 3 is 2.31 bits per heavy atom. The van der Waals surface area contributed by atoms with Gasteiger partial charge in [-0.05, 0) is 24.1 Å². The molecule has 0 N–H and O–H groups in total. The first kappa shape index (κ1) is 23.2. The Morgan fingerprint density at radius 1 is 1.06 bits per heavy atom. The molecule has 0 aliphatic rings. The molecule has 0 saturated carbocycles. The van der Waals surface area contributed by atoms with Crippen molar-refractivity contribution in [3.8, 4) is 29.2 Å². The molecule has 0 spiro atoms. The molecule has 5 nitrogen and oxygen atoms in total. The van der Waals surface area contributed by atoms with Gasteiger partial charge in [-0.2, -0.15) is 0 Å². The summed E-state index contributed by atoms with van der Waals surface area (Å²) < 4.78 is 61.4. The van der Waals surface area contributed by atoms with Gasteiger partial charge in [-0.3, -0.25) is 4.98 Å². The molecule has 0 fully saturated rings. The summed E-state index contributed by atoms with van der Waals surface area (Å²) >= 11 is 0. The molecule has 1 aromatic carbocycles. The van der Waals surface area contributed by atoms with Gasteiger partial charge in [-0.25, -0.2) is 14.4 Å². The molecular formula is C23H19F4N3O2. The highest BCUT2D eigenvalue weighted by molar-refractivity contribution is 5.64. The molecule has 2 aromatic heterocycles. The first-order chi connectivity index (χ1) is 15.2. The maximum absolute atomic E-state index is 14.5. The van der Waals surface area contributed by atoms with Crippen LogP contribution in [0.25, 0.3) is 11.1 Å². The number of aromatic nitrogens is 3. The maximum Gasteiger partial charge on any atom is 0.573 e. The van der Waals surface area contributed by atoms with Crippen LogP contribution in [0.1, 0.15) is 25.1 Å². The van der Waals surface area contributed by atoms with Gasteiger partial charge in [-0.1, -0.05) is 25.8 Å². The molecule has 0 bridgehead atoms. The first-order valence-corrected chi connectivity index (χ1v) is 9.52. The van der Waals surface area contributed by atoms with Crippen LogP contribution in [0.4, 0.5) is 17.6 Å². The maximum atomic E-state index is 14.5. The molecule has 3 aromatic rings. The third-order valence-electron chi connectivity index (χ3n) is 4.81. The Bertz CT molecular complexity index is 1100. The van der Waals surface area contributed by atoms with E-state index in [1.165, 1.54) is 18.6 Å². The van der Waals surface area contributed by atoms with Crippen LogP contribution in [-0.4, -0.2) is 27.9 Å². The molecule has 166 valence electrons. The quantitative estimate of drug-likeness (QED) is 0.373. The Hall–Kier alpha value is -3.51. The topological polar surface area (TPSA) is 57.1 Å². The molecular weight excluding hydrogens is 426 g/mol. The number of pyridine rings is 1. The zero-order valence-electron chi connectivity index (χ0n) is 17.2. The highest BCUT2D eigenvalue weighted by atomic mass is 19.4. The lowest BCUT2D eigenvalue weighted by molar-refractivity contribution is -0.274. The summed E-state index contributed by atoms with van der Waals surface area (Å²) in [5, 5.41) is 0. The van der Waals surface area contributed by atoms with Gasteiger partial charge in [0, 0.05) is 41.3 Å². The zero-order chi connectivity index (χ0) is 23.4. The van der Waals surface area contributed by atoms with Crippen LogP contribution in [0.5, 0.6) is 5.75 Å². The van der Waals surface area contributed by atoms with E-state index in [-0.39, 0.29) is 18.1 Å². The van der Waals surface area contributed by atoms with Crippen molar-refractivity contribution in [3.05, 3.63) is 72.3 Å².